The molecule has 6 nitrogen and oxygen atoms in total. The number of anilines is 1. The monoisotopic (exact) mass is 293 g/mol. The highest BCUT2D eigenvalue weighted by Crippen LogP contribution is 2.11. The van der Waals surface area contributed by atoms with Crippen molar-refractivity contribution in [3.63, 3.8) is 0 Å². The minimum Gasteiger partial charge on any atom is -0.444 e. The zero-order chi connectivity index (χ0) is 16.0. The number of hydrogen-bond donors (Lipinski definition) is 2. The van der Waals surface area contributed by atoms with Crippen molar-refractivity contribution in [1.82, 2.24) is 10.3 Å². The second kappa shape index (κ2) is 7.06. The van der Waals surface area contributed by atoms with E-state index in [1.807, 2.05) is 13.8 Å². The van der Waals surface area contributed by atoms with Crippen LogP contribution in [-0.4, -0.2) is 28.6 Å². The van der Waals surface area contributed by atoms with Crippen LogP contribution in [0.3, 0.4) is 0 Å². The van der Waals surface area contributed by atoms with E-state index < -0.39 is 17.7 Å². The Balaban J connectivity index is 2.69. The molecule has 1 heterocycles. The van der Waals surface area contributed by atoms with Gasteiger partial charge in [0.05, 0.1) is 11.9 Å². The summed E-state index contributed by atoms with van der Waals surface area (Å²) >= 11 is 0. The van der Waals surface area contributed by atoms with Gasteiger partial charge in [0.25, 0.3) is 0 Å². The average Bonchev–Trinajstić information content (AvgIpc) is 2.34. The molecule has 0 aromatic carbocycles. The maximum atomic E-state index is 12.2. The van der Waals surface area contributed by atoms with Gasteiger partial charge in [-0.2, -0.15) is 0 Å². The van der Waals surface area contributed by atoms with Crippen LogP contribution in [0.4, 0.5) is 10.5 Å². The van der Waals surface area contributed by atoms with Crippen molar-refractivity contribution in [2.24, 2.45) is 5.92 Å². The predicted octanol–water partition coefficient (Wildman–Crippen LogP) is 2.57. The summed E-state index contributed by atoms with van der Waals surface area (Å²) in [7, 11) is 0. The number of ether oxygens (including phenoxy) is 1. The third-order valence-corrected chi connectivity index (χ3v) is 2.55. The summed E-state index contributed by atoms with van der Waals surface area (Å²) in [6, 6.07) is 2.77. The zero-order valence-electron chi connectivity index (χ0n) is 13.1. The van der Waals surface area contributed by atoms with Crippen molar-refractivity contribution in [1.29, 1.82) is 0 Å². The number of aromatic nitrogens is 1. The van der Waals surface area contributed by atoms with E-state index in [2.05, 4.69) is 15.6 Å². The Morgan fingerprint density at radius 3 is 2.43 bits per heavy atom. The van der Waals surface area contributed by atoms with E-state index in [9.17, 15) is 9.59 Å². The summed E-state index contributed by atoms with van der Waals surface area (Å²) < 4.78 is 5.18. The lowest BCUT2D eigenvalue weighted by Crippen LogP contribution is -2.48. The van der Waals surface area contributed by atoms with E-state index in [4.69, 9.17) is 4.74 Å². The van der Waals surface area contributed by atoms with Gasteiger partial charge >= 0.3 is 6.09 Å². The Hall–Kier alpha value is -2.11. The van der Waals surface area contributed by atoms with Crippen LogP contribution in [-0.2, 0) is 9.53 Å². The van der Waals surface area contributed by atoms with Gasteiger partial charge in [-0.3, -0.25) is 9.78 Å². The molecule has 2 N–H and O–H groups in total. The molecular weight excluding hydrogens is 270 g/mol. The molecule has 0 radical (unpaired) electrons. The largest absolute Gasteiger partial charge is 0.444 e. The minimum atomic E-state index is -0.681. The first-order chi connectivity index (χ1) is 9.69. The number of pyridine rings is 1. The van der Waals surface area contributed by atoms with Gasteiger partial charge in [-0.05, 0) is 38.8 Å². The molecule has 0 bridgehead atoms. The Morgan fingerprint density at radius 2 is 1.95 bits per heavy atom. The van der Waals surface area contributed by atoms with Gasteiger partial charge in [0, 0.05) is 6.20 Å². The summed E-state index contributed by atoms with van der Waals surface area (Å²) in [6.45, 7) is 9.02. The van der Waals surface area contributed by atoms with Crippen LogP contribution in [0.1, 0.15) is 34.6 Å². The molecule has 0 saturated heterocycles. The summed E-state index contributed by atoms with van der Waals surface area (Å²) in [6.07, 6.45) is 2.56. The highest BCUT2D eigenvalue weighted by atomic mass is 16.6. The molecule has 0 aliphatic heterocycles. The maximum absolute atomic E-state index is 12.2. The van der Waals surface area contributed by atoms with E-state index in [1.165, 1.54) is 0 Å². The fraction of sp³-hybridized carbons (Fsp3) is 0.533. The van der Waals surface area contributed by atoms with Crippen LogP contribution < -0.4 is 10.6 Å². The lowest BCUT2D eigenvalue weighted by Gasteiger charge is -2.25. The van der Waals surface area contributed by atoms with Crippen LogP contribution in [0.2, 0.25) is 0 Å². The first-order valence-electron chi connectivity index (χ1n) is 6.89. The summed E-state index contributed by atoms with van der Waals surface area (Å²) in [5, 5.41) is 5.32. The molecule has 1 rings (SSSR count). The van der Waals surface area contributed by atoms with E-state index in [0.29, 0.717) is 5.69 Å². The van der Waals surface area contributed by atoms with Gasteiger partial charge in [0.1, 0.15) is 11.6 Å². The molecule has 0 unspecified atom stereocenters. The van der Waals surface area contributed by atoms with Crippen LogP contribution in [0.25, 0.3) is 0 Å². The van der Waals surface area contributed by atoms with Crippen molar-refractivity contribution in [3.8, 4) is 0 Å². The van der Waals surface area contributed by atoms with Crippen molar-refractivity contribution in [3.05, 3.63) is 24.5 Å². The Morgan fingerprint density at radius 1 is 1.29 bits per heavy atom. The van der Waals surface area contributed by atoms with Crippen LogP contribution >= 0.6 is 0 Å². The number of nitrogens with one attached hydrogen (secondary N) is 2. The molecular formula is C15H23N3O3. The molecule has 1 atom stereocenters. The third-order valence-electron chi connectivity index (χ3n) is 2.55. The van der Waals surface area contributed by atoms with E-state index in [-0.39, 0.29) is 11.8 Å². The molecule has 0 fully saturated rings. The quantitative estimate of drug-likeness (QED) is 0.894. The number of rotatable bonds is 4. The van der Waals surface area contributed by atoms with Crippen LogP contribution in [0.5, 0.6) is 0 Å². The second-order valence-electron chi connectivity index (χ2n) is 6.10. The van der Waals surface area contributed by atoms with Crippen molar-refractivity contribution < 1.29 is 14.3 Å². The van der Waals surface area contributed by atoms with E-state index in [1.54, 1.807) is 45.3 Å². The molecule has 2 amide bonds. The minimum absolute atomic E-state index is 0.0748. The number of amides is 2. The first kappa shape index (κ1) is 16.9. The average molecular weight is 293 g/mol. The SMILES string of the molecule is CC(C)[C@H](NC(=O)OC(C)(C)C)C(=O)Nc1cccnc1. The molecule has 21 heavy (non-hydrogen) atoms. The normalized spacial score (nSPS) is 12.7. The topological polar surface area (TPSA) is 80.3 Å². The van der Waals surface area contributed by atoms with Crippen molar-refractivity contribution in [2.45, 2.75) is 46.3 Å². The van der Waals surface area contributed by atoms with Crippen LogP contribution in [0, 0.1) is 5.92 Å². The molecule has 0 aliphatic rings. The molecule has 6 heteroatoms. The molecule has 0 aliphatic carbocycles. The summed E-state index contributed by atoms with van der Waals surface area (Å²) in [5.74, 6) is -0.377. The summed E-state index contributed by atoms with van der Waals surface area (Å²) in [4.78, 5) is 28.0. The first-order valence-corrected chi connectivity index (χ1v) is 6.89. The predicted molar refractivity (Wildman–Crippen MR) is 80.9 cm³/mol. The number of carbonyl (C=O) groups excluding carboxylic acids is 2. The maximum Gasteiger partial charge on any atom is 0.408 e. The van der Waals surface area contributed by atoms with Crippen molar-refractivity contribution in [2.75, 3.05) is 5.32 Å². The number of nitrogens with zero attached hydrogens (tertiary/aromatic N) is 1. The Bertz CT molecular complexity index is 481. The molecule has 1 aromatic heterocycles. The zero-order valence-corrected chi connectivity index (χ0v) is 13.1. The third kappa shape index (κ3) is 6.25. The Labute approximate surface area is 125 Å². The summed E-state index contributed by atoms with van der Waals surface area (Å²) in [5.41, 5.74) is -0.0232. The highest BCUT2D eigenvalue weighted by Gasteiger charge is 2.26. The van der Waals surface area contributed by atoms with E-state index >= 15 is 0 Å². The lowest BCUT2D eigenvalue weighted by molar-refractivity contribution is -0.119. The molecule has 116 valence electrons. The number of hydrogen-bond acceptors (Lipinski definition) is 4. The van der Waals surface area contributed by atoms with Crippen LogP contribution in [0.15, 0.2) is 24.5 Å². The lowest BCUT2D eigenvalue weighted by atomic mass is 10.0. The van der Waals surface area contributed by atoms with Gasteiger partial charge in [0.15, 0.2) is 0 Å². The fourth-order valence-electron chi connectivity index (χ4n) is 1.63. The standard InChI is InChI=1S/C15H23N3O3/c1-10(2)12(18-14(20)21-15(3,4)5)13(19)17-11-7-6-8-16-9-11/h6-10,12H,1-5H3,(H,17,19)(H,18,20)/t12-/m0/s1. The molecule has 0 spiro atoms. The number of alkyl carbamates (subject to hydrolysis) is 1. The van der Waals surface area contributed by atoms with Gasteiger partial charge in [-0.25, -0.2) is 4.79 Å². The smallest absolute Gasteiger partial charge is 0.408 e. The molecule has 0 saturated carbocycles. The second-order valence-corrected chi connectivity index (χ2v) is 6.10. The number of carbonyl (C=O) groups is 2. The fourth-order valence-corrected chi connectivity index (χ4v) is 1.63. The van der Waals surface area contributed by atoms with Gasteiger partial charge in [-0.1, -0.05) is 13.8 Å². The highest BCUT2D eigenvalue weighted by molar-refractivity contribution is 5.96. The van der Waals surface area contributed by atoms with Gasteiger partial charge in [-0.15, -0.1) is 0 Å². The van der Waals surface area contributed by atoms with Gasteiger partial charge < -0.3 is 15.4 Å². The molecule has 1 aromatic rings. The van der Waals surface area contributed by atoms with E-state index in [0.717, 1.165) is 0 Å². The Kier molecular flexibility index (Phi) is 5.69. The van der Waals surface area contributed by atoms with Crippen molar-refractivity contribution >= 4 is 17.7 Å². The van der Waals surface area contributed by atoms with Gasteiger partial charge in [0.2, 0.25) is 5.91 Å².